The van der Waals surface area contributed by atoms with Crippen molar-refractivity contribution in [3.63, 3.8) is 0 Å². The highest BCUT2D eigenvalue weighted by molar-refractivity contribution is 6.23. The topological polar surface area (TPSA) is 166 Å². The van der Waals surface area contributed by atoms with Gasteiger partial charge in [0.15, 0.2) is 11.9 Å². The smallest absolute Gasteiger partial charge is 0.405 e. The largest absolute Gasteiger partial charge is 0.439 e. The summed E-state index contributed by atoms with van der Waals surface area (Å²) in [5.41, 5.74) is 6.39. The van der Waals surface area contributed by atoms with Crippen LogP contribution in [0.5, 0.6) is 0 Å². The number of rotatable bonds is 7. The lowest BCUT2D eigenvalue weighted by Gasteiger charge is -2.26. The molecule has 0 fully saturated rings. The van der Waals surface area contributed by atoms with Crippen molar-refractivity contribution in [3.05, 3.63) is 58.5 Å². The van der Waals surface area contributed by atoms with E-state index in [2.05, 4.69) is 10.6 Å². The molecule has 0 aromatic carbocycles. The van der Waals surface area contributed by atoms with Gasteiger partial charge in [-0.2, -0.15) is 0 Å². The SMILES string of the molecule is CO[C@H]1C[C@H](C)CC2=C(NCCN(C)C)C(=O)C=C(NC(=O)/C(C)=C/C=C\[C@H](OC)[C@@H](OC(N)=O)/C(C)=C/[C@H](C)C1=O)C2=O. The zero-order valence-electron chi connectivity index (χ0n) is 26.9. The number of nitrogens with zero attached hydrogens (tertiary/aromatic N) is 1. The fraction of sp³-hybridized carbons (Fsp3) is 0.531. The first-order valence-electron chi connectivity index (χ1n) is 14.5. The summed E-state index contributed by atoms with van der Waals surface area (Å²) >= 11 is 0. The summed E-state index contributed by atoms with van der Waals surface area (Å²) in [6, 6.07) is 0. The van der Waals surface area contributed by atoms with Crippen molar-refractivity contribution in [2.45, 2.75) is 58.8 Å². The molecule has 4 N–H and O–H groups in total. The molecule has 1 aliphatic heterocycles. The molecular formula is C32H46N4O8. The van der Waals surface area contributed by atoms with E-state index in [-0.39, 0.29) is 47.1 Å². The van der Waals surface area contributed by atoms with Crippen LogP contribution in [-0.4, -0.2) is 94.0 Å². The highest BCUT2D eigenvalue weighted by Crippen LogP contribution is 2.27. The third kappa shape index (κ3) is 10.1. The molecule has 1 heterocycles. The number of amides is 2. The van der Waals surface area contributed by atoms with Crippen molar-refractivity contribution in [1.29, 1.82) is 0 Å². The molecule has 2 aliphatic rings. The van der Waals surface area contributed by atoms with E-state index in [0.717, 1.165) is 6.08 Å². The Balaban J connectivity index is 2.61. The number of allylic oxidation sites excluding steroid dienone is 5. The number of nitrogens with one attached hydrogen (secondary N) is 2. The molecule has 12 heteroatoms. The molecule has 0 aromatic rings. The van der Waals surface area contributed by atoms with Gasteiger partial charge in [0.2, 0.25) is 11.6 Å². The molecule has 44 heavy (non-hydrogen) atoms. The van der Waals surface area contributed by atoms with Crippen LogP contribution in [0.2, 0.25) is 0 Å². The highest BCUT2D eigenvalue weighted by atomic mass is 16.6. The molecule has 2 bridgehead atoms. The van der Waals surface area contributed by atoms with E-state index in [1.807, 2.05) is 25.9 Å². The van der Waals surface area contributed by atoms with E-state index in [1.165, 1.54) is 20.3 Å². The standard InChI is InChI=1S/C32H46N4O8/c1-18-14-22-27(34-12-13-36(5)6)24(37)17-23(29(22)39)35-31(40)19(2)10-9-11-25(42-7)30(44-32(33)41)21(4)16-20(3)28(38)26(15-18)43-8/h9-11,16-18,20,25-26,30,34H,12-15H2,1-8H3,(H2,33,41)(H,35,40)/b11-9-,19-10+,21-16+/t18-,20+,25+,26+,30+/m1/s1. The molecule has 1 aliphatic carbocycles. The molecule has 2 amide bonds. The highest BCUT2D eigenvalue weighted by Gasteiger charge is 2.33. The second kappa shape index (κ2) is 16.8. The third-order valence-electron chi connectivity index (χ3n) is 7.45. The number of carbonyl (C=O) groups excluding carboxylic acids is 5. The Kier molecular flexibility index (Phi) is 13.9. The van der Waals surface area contributed by atoms with E-state index in [1.54, 1.807) is 39.0 Å². The van der Waals surface area contributed by atoms with Crippen LogP contribution < -0.4 is 16.4 Å². The number of fused-ring (bicyclic) bond motifs is 2. The van der Waals surface area contributed by atoms with Crippen molar-refractivity contribution in [2.75, 3.05) is 41.4 Å². The first-order chi connectivity index (χ1) is 20.7. The van der Waals surface area contributed by atoms with E-state index < -0.39 is 47.8 Å². The zero-order chi connectivity index (χ0) is 33.1. The van der Waals surface area contributed by atoms with Gasteiger partial charge in [-0.25, -0.2) is 4.79 Å². The summed E-state index contributed by atoms with van der Waals surface area (Å²) in [7, 11) is 6.65. The van der Waals surface area contributed by atoms with E-state index in [9.17, 15) is 24.0 Å². The van der Waals surface area contributed by atoms with Gasteiger partial charge in [-0.05, 0) is 52.3 Å². The molecule has 2 rings (SSSR count). The summed E-state index contributed by atoms with van der Waals surface area (Å²) in [6.07, 6.45) is 4.24. The lowest BCUT2D eigenvalue weighted by molar-refractivity contribution is -0.132. The number of hydrogen-bond acceptors (Lipinski definition) is 10. The lowest BCUT2D eigenvalue weighted by Crippen LogP contribution is -2.38. The van der Waals surface area contributed by atoms with E-state index >= 15 is 0 Å². The number of methoxy groups -OCH3 is 2. The maximum atomic E-state index is 13.7. The van der Waals surface area contributed by atoms with Gasteiger partial charge >= 0.3 is 6.09 Å². The number of primary amides is 1. The molecule has 0 saturated heterocycles. The molecule has 0 aromatic heterocycles. The molecule has 242 valence electrons. The summed E-state index contributed by atoms with van der Waals surface area (Å²) in [5.74, 6) is -2.58. The molecular weight excluding hydrogens is 568 g/mol. The minimum absolute atomic E-state index is 0.132. The van der Waals surface area contributed by atoms with Crippen molar-refractivity contribution in [2.24, 2.45) is 17.6 Å². The van der Waals surface area contributed by atoms with Gasteiger partial charge in [-0.3, -0.25) is 19.2 Å². The van der Waals surface area contributed by atoms with Gasteiger partial charge < -0.3 is 35.5 Å². The Labute approximate surface area is 259 Å². The number of likely N-dealkylation sites (N-methyl/N-ethyl adjacent to an activating group) is 1. The zero-order valence-corrected chi connectivity index (χ0v) is 26.9. The van der Waals surface area contributed by atoms with Gasteiger partial charge in [-0.1, -0.05) is 38.2 Å². The molecule has 5 atom stereocenters. The van der Waals surface area contributed by atoms with Crippen LogP contribution >= 0.6 is 0 Å². The molecule has 0 saturated carbocycles. The van der Waals surface area contributed by atoms with Crippen molar-refractivity contribution in [1.82, 2.24) is 15.5 Å². The molecule has 0 radical (unpaired) electrons. The fourth-order valence-corrected chi connectivity index (χ4v) is 5.02. The van der Waals surface area contributed by atoms with Crippen LogP contribution in [0.1, 0.15) is 40.5 Å². The normalized spacial score (nSPS) is 29.3. The average Bonchev–Trinajstić information content (AvgIpc) is 2.95. The fourth-order valence-electron chi connectivity index (χ4n) is 5.02. The lowest BCUT2D eigenvalue weighted by atomic mass is 9.85. The summed E-state index contributed by atoms with van der Waals surface area (Å²) in [6.45, 7) is 7.88. The van der Waals surface area contributed by atoms with E-state index in [0.29, 0.717) is 18.7 Å². The number of carbonyl (C=O) groups is 5. The van der Waals surface area contributed by atoms with Gasteiger partial charge in [0.05, 0.1) is 11.4 Å². The Bertz CT molecular complexity index is 1280. The second-order valence-electron chi connectivity index (χ2n) is 11.5. The minimum Gasteiger partial charge on any atom is -0.439 e. The van der Waals surface area contributed by atoms with Gasteiger partial charge in [0.25, 0.3) is 5.91 Å². The quantitative estimate of drug-likeness (QED) is 0.286. The number of hydrogen-bond donors (Lipinski definition) is 3. The third-order valence-corrected chi connectivity index (χ3v) is 7.45. The Morgan fingerprint density at radius 3 is 2.39 bits per heavy atom. The summed E-state index contributed by atoms with van der Waals surface area (Å²) in [4.78, 5) is 67.1. The van der Waals surface area contributed by atoms with Gasteiger partial charge in [-0.15, -0.1) is 0 Å². The maximum absolute atomic E-state index is 13.7. The minimum atomic E-state index is -1.02. The predicted molar refractivity (Wildman–Crippen MR) is 165 cm³/mol. The van der Waals surface area contributed by atoms with Crippen LogP contribution in [0.3, 0.4) is 0 Å². The summed E-state index contributed by atoms with van der Waals surface area (Å²) in [5, 5.41) is 5.68. The molecule has 12 nitrogen and oxygen atoms in total. The number of ketones is 3. The number of Topliss-reactive ketones (excluding diaryl/α,β-unsaturated/α-hetero) is 2. The first kappa shape index (κ1) is 36.3. The molecule has 0 unspecified atom stereocenters. The van der Waals surface area contributed by atoms with Crippen LogP contribution in [0.4, 0.5) is 4.79 Å². The van der Waals surface area contributed by atoms with Gasteiger partial charge in [0.1, 0.15) is 12.2 Å². The number of ether oxygens (including phenoxy) is 3. The van der Waals surface area contributed by atoms with Crippen molar-refractivity contribution >= 4 is 29.4 Å². The Morgan fingerprint density at radius 1 is 1.11 bits per heavy atom. The molecule has 0 spiro atoms. The first-order valence-corrected chi connectivity index (χ1v) is 14.5. The number of nitrogens with two attached hydrogens (primary N) is 1. The monoisotopic (exact) mass is 614 g/mol. The Morgan fingerprint density at radius 2 is 1.80 bits per heavy atom. The van der Waals surface area contributed by atoms with Crippen LogP contribution in [-0.2, 0) is 33.4 Å². The van der Waals surface area contributed by atoms with Crippen molar-refractivity contribution < 1.29 is 38.2 Å². The average molecular weight is 615 g/mol. The van der Waals surface area contributed by atoms with E-state index in [4.69, 9.17) is 19.9 Å². The van der Waals surface area contributed by atoms with Crippen LogP contribution in [0.15, 0.2) is 58.5 Å². The Hall–Kier alpha value is -3.87. The van der Waals surface area contributed by atoms with Crippen LogP contribution in [0.25, 0.3) is 0 Å². The van der Waals surface area contributed by atoms with Crippen LogP contribution in [0, 0.1) is 11.8 Å². The van der Waals surface area contributed by atoms with Crippen molar-refractivity contribution in [3.8, 4) is 0 Å². The predicted octanol–water partition coefficient (Wildman–Crippen LogP) is 2.12. The van der Waals surface area contributed by atoms with Gasteiger partial charge in [0, 0.05) is 50.4 Å². The summed E-state index contributed by atoms with van der Waals surface area (Å²) < 4.78 is 16.5. The maximum Gasteiger partial charge on any atom is 0.405 e. The second-order valence-corrected chi connectivity index (χ2v) is 11.5.